The SMILES string of the molecule is CCCCC=CCC=CCCCCCCCC[C]=O. The van der Waals surface area contributed by atoms with Gasteiger partial charge >= 0.3 is 0 Å². The van der Waals surface area contributed by atoms with Crippen LogP contribution in [-0.4, -0.2) is 6.29 Å². The monoisotopic (exact) mass is 263 g/mol. The molecule has 0 unspecified atom stereocenters. The largest absolute Gasteiger partial charge is 0.291 e. The Morgan fingerprint density at radius 2 is 1.32 bits per heavy atom. The fourth-order valence-electron chi connectivity index (χ4n) is 2.00. The molecule has 0 aliphatic rings. The molecule has 0 aromatic heterocycles. The molecule has 0 aromatic carbocycles. The molecule has 0 bridgehead atoms. The zero-order valence-corrected chi connectivity index (χ0v) is 12.7. The molecule has 0 N–H and O–H groups in total. The van der Waals surface area contributed by atoms with E-state index in [-0.39, 0.29) is 0 Å². The first-order valence-corrected chi connectivity index (χ1v) is 8.06. The molecule has 0 aromatic rings. The van der Waals surface area contributed by atoms with Gasteiger partial charge in [-0.15, -0.1) is 0 Å². The molecule has 0 rings (SSSR count). The van der Waals surface area contributed by atoms with Crippen LogP contribution in [0.5, 0.6) is 0 Å². The molecule has 19 heavy (non-hydrogen) atoms. The van der Waals surface area contributed by atoms with E-state index in [2.05, 4.69) is 31.2 Å². The average Bonchev–Trinajstić information content (AvgIpc) is 2.43. The van der Waals surface area contributed by atoms with Gasteiger partial charge in [-0.3, -0.25) is 4.79 Å². The van der Waals surface area contributed by atoms with Gasteiger partial charge in [0, 0.05) is 6.42 Å². The second kappa shape index (κ2) is 17.2. The summed E-state index contributed by atoms with van der Waals surface area (Å²) in [6.45, 7) is 2.23. The lowest BCUT2D eigenvalue weighted by molar-refractivity contribution is 0.541. The van der Waals surface area contributed by atoms with E-state index in [9.17, 15) is 4.79 Å². The zero-order chi connectivity index (χ0) is 14.0. The summed E-state index contributed by atoms with van der Waals surface area (Å²) in [5, 5.41) is 0. The maximum Gasteiger partial charge on any atom is 0.198 e. The molecule has 0 spiro atoms. The number of allylic oxidation sites excluding steroid dienone is 4. The first kappa shape index (κ1) is 18.1. The van der Waals surface area contributed by atoms with Gasteiger partial charge in [0.15, 0.2) is 6.29 Å². The van der Waals surface area contributed by atoms with Crippen LogP contribution in [0.1, 0.15) is 84.0 Å². The second-order valence-corrected chi connectivity index (χ2v) is 5.13. The van der Waals surface area contributed by atoms with Crippen LogP contribution in [0.2, 0.25) is 0 Å². The van der Waals surface area contributed by atoms with E-state index in [4.69, 9.17) is 0 Å². The Bertz CT molecular complexity index is 228. The van der Waals surface area contributed by atoms with E-state index in [1.54, 1.807) is 0 Å². The fraction of sp³-hybridized carbons (Fsp3) is 0.722. The Hall–Kier alpha value is -0.850. The maximum atomic E-state index is 10.0. The third-order valence-electron chi connectivity index (χ3n) is 3.23. The van der Waals surface area contributed by atoms with Crippen LogP contribution in [-0.2, 0) is 4.79 Å². The predicted octanol–water partition coefficient (Wildman–Crippen LogP) is 5.91. The third kappa shape index (κ3) is 17.1. The average molecular weight is 263 g/mol. The molecule has 1 nitrogen and oxygen atoms in total. The standard InChI is InChI=1S/C18H31O/c1-2-3-4-5-6-7-8-9-10-11-12-13-14-15-16-17-18-19/h5-6,8-9H,2-4,7,10-17H2,1H3. The maximum absolute atomic E-state index is 10.0. The van der Waals surface area contributed by atoms with Gasteiger partial charge in [0.1, 0.15) is 0 Å². The van der Waals surface area contributed by atoms with Gasteiger partial charge in [0.25, 0.3) is 0 Å². The number of hydrogen-bond donors (Lipinski definition) is 0. The topological polar surface area (TPSA) is 17.1 Å². The third-order valence-corrected chi connectivity index (χ3v) is 3.23. The Morgan fingerprint density at radius 1 is 0.737 bits per heavy atom. The van der Waals surface area contributed by atoms with Crippen molar-refractivity contribution in [2.24, 2.45) is 0 Å². The van der Waals surface area contributed by atoms with Gasteiger partial charge in [-0.2, -0.15) is 0 Å². The van der Waals surface area contributed by atoms with Crippen molar-refractivity contribution >= 4 is 6.29 Å². The summed E-state index contributed by atoms with van der Waals surface area (Å²) in [6, 6.07) is 0. The molecule has 1 heteroatoms. The highest BCUT2D eigenvalue weighted by atomic mass is 16.1. The smallest absolute Gasteiger partial charge is 0.198 e. The summed E-state index contributed by atoms with van der Waals surface area (Å²) in [6.07, 6.45) is 25.3. The first-order chi connectivity index (χ1) is 9.41. The van der Waals surface area contributed by atoms with Crippen LogP contribution in [0.4, 0.5) is 0 Å². The normalized spacial score (nSPS) is 11.6. The van der Waals surface area contributed by atoms with E-state index >= 15 is 0 Å². The van der Waals surface area contributed by atoms with E-state index in [0.717, 1.165) is 12.8 Å². The summed E-state index contributed by atoms with van der Waals surface area (Å²) >= 11 is 0. The molecule has 0 fully saturated rings. The number of hydrogen-bond acceptors (Lipinski definition) is 1. The van der Waals surface area contributed by atoms with Gasteiger partial charge < -0.3 is 0 Å². The minimum atomic E-state index is 0.620. The molecular formula is C18H31O. The highest BCUT2D eigenvalue weighted by molar-refractivity contribution is 5.50. The van der Waals surface area contributed by atoms with Crippen LogP contribution in [0.15, 0.2) is 24.3 Å². The Morgan fingerprint density at radius 3 is 1.95 bits per heavy atom. The number of unbranched alkanes of at least 4 members (excludes halogenated alkanes) is 9. The first-order valence-electron chi connectivity index (χ1n) is 8.06. The Labute approximate surface area is 120 Å². The highest BCUT2D eigenvalue weighted by Crippen LogP contribution is 2.08. The summed E-state index contributed by atoms with van der Waals surface area (Å²) in [4.78, 5) is 10.0. The van der Waals surface area contributed by atoms with Crippen LogP contribution in [0.25, 0.3) is 0 Å². The Balaban J connectivity index is 3.12. The molecule has 0 saturated heterocycles. The molecule has 0 atom stereocenters. The van der Waals surface area contributed by atoms with E-state index in [0.29, 0.717) is 6.42 Å². The molecule has 0 aliphatic carbocycles. The van der Waals surface area contributed by atoms with Crippen molar-refractivity contribution in [3.05, 3.63) is 24.3 Å². The fourth-order valence-corrected chi connectivity index (χ4v) is 2.00. The van der Waals surface area contributed by atoms with Gasteiger partial charge in [0.05, 0.1) is 0 Å². The van der Waals surface area contributed by atoms with Crippen LogP contribution < -0.4 is 0 Å². The lowest BCUT2D eigenvalue weighted by Gasteiger charge is -1.98. The van der Waals surface area contributed by atoms with Crippen molar-refractivity contribution in [3.63, 3.8) is 0 Å². The van der Waals surface area contributed by atoms with Crippen molar-refractivity contribution in [3.8, 4) is 0 Å². The van der Waals surface area contributed by atoms with Gasteiger partial charge in [-0.25, -0.2) is 0 Å². The molecule has 109 valence electrons. The summed E-state index contributed by atoms with van der Waals surface area (Å²) in [7, 11) is 0. The van der Waals surface area contributed by atoms with Crippen molar-refractivity contribution < 1.29 is 4.79 Å². The molecule has 0 heterocycles. The van der Waals surface area contributed by atoms with E-state index < -0.39 is 0 Å². The highest BCUT2D eigenvalue weighted by Gasteiger charge is 1.90. The van der Waals surface area contributed by atoms with Crippen LogP contribution in [0.3, 0.4) is 0 Å². The van der Waals surface area contributed by atoms with Crippen molar-refractivity contribution in [1.82, 2.24) is 0 Å². The molecule has 1 radical (unpaired) electrons. The van der Waals surface area contributed by atoms with Gasteiger partial charge in [0.2, 0.25) is 0 Å². The van der Waals surface area contributed by atoms with E-state index in [1.165, 1.54) is 57.8 Å². The molecule has 0 aliphatic heterocycles. The zero-order valence-electron chi connectivity index (χ0n) is 12.7. The van der Waals surface area contributed by atoms with Crippen LogP contribution in [0, 0.1) is 0 Å². The van der Waals surface area contributed by atoms with Crippen molar-refractivity contribution in [1.29, 1.82) is 0 Å². The van der Waals surface area contributed by atoms with Crippen molar-refractivity contribution in [2.75, 3.05) is 0 Å². The lowest BCUT2D eigenvalue weighted by Crippen LogP contribution is -1.80. The van der Waals surface area contributed by atoms with Crippen LogP contribution >= 0.6 is 0 Å². The summed E-state index contributed by atoms with van der Waals surface area (Å²) in [5.41, 5.74) is 0. The lowest BCUT2D eigenvalue weighted by atomic mass is 10.1. The molecule has 0 amide bonds. The van der Waals surface area contributed by atoms with E-state index in [1.807, 2.05) is 6.29 Å². The van der Waals surface area contributed by atoms with Gasteiger partial charge in [-0.1, -0.05) is 69.8 Å². The minimum absolute atomic E-state index is 0.620. The number of carbonyl (C=O) groups excluding carboxylic acids is 1. The molecule has 0 saturated carbocycles. The Kier molecular flexibility index (Phi) is 16.4. The quantitative estimate of drug-likeness (QED) is 0.281. The minimum Gasteiger partial charge on any atom is -0.291 e. The predicted molar refractivity (Wildman–Crippen MR) is 85.1 cm³/mol. The second-order valence-electron chi connectivity index (χ2n) is 5.13. The molecular weight excluding hydrogens is 232 g/mol. The number of rotatable bonds is 14. The van der Waals surface area contributed by atoms with Gasteiger partial charge in [-0.05, 0) is 32.1 Å². The summed E-state index contributed by atoms with van der Waals surface area (Å²) < 4.78 is 0. The summed E-state index contributed by atoms with van der Waals surface area (Å²) in [5.74, 6) is 0. The van der Waals surface area contributed by atoms with Crippen molar-refractivity contribution in [2.45, 2.75) is 84.0 Å².